The van der Waals surface area contributed by atoms with Crippen LogP contribution in [0.2, 0.25) is 0 Å². The van der Waals surface area contributed by atoms with Crippen molar-refractivity contribution in [3.8, 4) is 6.07 Å². The summed E-state index contributed by atoms with van der Waals surface area (Å²) >= 11 is 0. The number of carboxylic acids is 1. The smallest absolute Gasteiger partial charge is 0.408 e. The van der Waals surface area contributed by atoms with E-state index < -0.39 is 24.0 Å². The second kappa shape index (κ2) is 8.18. The second-order valence-electron chi connectivity index (χ2n) is 6.38. The first kappa shape index (κ1) is 18.5. The number of carbonyl (C=O) groups is 2. The molecule has 1 aromatic rings. The molecule has 6 heteroatoms. The molecule has 0 radical (unpaired) electrons. The Balaban J connectivity index is 2.60. The van der Waals surface area contributed by atoms with Crippen LogP contribution in [0.3, 0.4) is 0 Å². The van der Waals surface area contributed by atoms with Gasteiger partial charge in [0, 0.05) is 0 Å². The molecule has 2 unspecified atom stereocenters. The van der Waals surface area contributed by atoms with E-state index in [-0.39, 0.29) is 18.4 Å². The van der Waals surface area contributed by atoms with Crippen LogP contribution in [-0.4, -0.2) is 23.2 Å². The summed E-state index contributed by atoms with van der Waals surface area (Å²) in [6, 6.07) is 10.0. The van der Waals surface area contributed by atoms with Crippen molar-refractivity contribution in [2.45, 2.75) is 39.8 Å². The van der Waals surface area contributed by atoms with Gasteiger partial charge in [-0.1, -0.05) is 51.1 Å². The first-order chi connectivity index (χ1) is 10.7. The number of nitriles is 1. The van der Waals surface area contributed by atoms with Crippen LogP contribution in [0.4, 0.5) is 4.79 Å². The van der Waals surface area contributed by atoms with Gasteiger partial charge in [-0.25, -0.2) is 9.59 Å². The van der Waals surface area contributed by atoms with Gasteiger partial charge in [0.15, 0.2) is 0 Å². The molecule has 6 nitrogen and oxygen atoms in total. The lowest BCUT2D eigenvalue weighted by Crippen LogP contribution is -2.43. The molecule has 1 amide bonds. The van der Waals surface area contributed by atoms with Crippen LogP contribution < -0.4 is 5.32 Å². The van der Waals surface area contributed by atoms with E-state index in [1.54, 1.807) is 12.1 Å². The molecule has 0 bridgehead atoms. The number of aliphatic carboxylic acids is 1. The van der Waals surface area contributed by atoms with Gasteiger partial charge in [-0.3, -0.25) is 0 Å². The van der Waals surface area contributed by atoms with E-state index in [4.69, 9.17) is 4.74 Å². The highest BCUT2D eigenvalue weighted by atomic mass is 16.5. The van der Waals surface area contributed by atoms with Gasteiger partial charge in [-0.05, 0) is 17.4 Å². The molecule has 2 atom stereocenters. The summed E-state index contributed by atoms with van der Waals surface area (Å²) in [5, 5.41) is 20.7. The molecule has 2 N–H and O–H groups in total. The number of carboxylic acid groups (broad SMARTS) is 1. The fourth-order valence-corrected chi connectivity index (χ4v) is 1.96. The Labute approximate surface area is 136 Å². The number of rotatable bonds is 6. The van der Waals surface area contributed by atoms with Gasteiger partial charge < -0.3 is 15.2 Å². The van der Waals surface area contributed by atoms with Crippen molar-refractivity contribution in [1.29, 1.82) is 5.26 Å². The maximum absolute atomic E-state index is 11.8. The van der Waals surface area contributed by atoms with E-state index in [1.807, 2.05) is 39.0 Å². The molecule has 0 heterocycles. The minimum absolute atomic E-state index is 0.0236. The lowest BCUT2D eigenvalue weighted by Gasteiger charge is -2.27. The molecule has 0 aliphatic heterocycles. The van der Waals surface area contributed by atoms with Gasteiger partial charge in [0.1, 0.15) is 12.6 Å². The molecular formula is C17H22N2O4. The lowest BCUT2D eigenvalue weighted by atomic mass is 9.78. The monoisotopic (exact) mass is 318 g/mol. The third-order valence-electron chi connectivity index (χ3n) is 3.48. The van der Waals surface area contributed by atoms with Gasteiger partial charge in [0.25, 0.3) is 0 Å². The summed E-state index contributed by atoms with van der Waals surface area (Å²) in [7, 11) is 0. The fraction of sp³-hybridized carbons (Fsp3) is 0.471. The highest BCUT2D eigenvalue weighted by Crippen LogP contribution is 2.29. The van der Waals surface area contributed by atoms with Gasteiger partial charge in [-0.15, -0.1) is 0 Å². The Morgan fingerprint density at radius 3 is 2.39 bits per heavy atom. The van der Waals surface area contributed by atoms with E-state index in [9.17, 15) is 20.0 Å². The largest absolute Gasteiger partial charge is 0.480 e. The van der Waals surface area contributed by atoms with Gasteiger partial charge >= 0.3 is 12.1 Å². The van der Waals surface area contributed by atoms with Crippen LogP contribution in [0.1, 0.15) is 32.8 Å². The van der Waals surface area contributed by atoms with E-state index in [0.717, 1.165) is 5.56 Å². The van der Waals surface area contributed by atoms with Crippen LogP contribution in [0.25, 0.3) is 0 Å². The summed E-state index contributed by atoms with van der Waals surface area (Å²) in [6.07, 6.45) is -0.790. The van der Waals surface area contributed by atoms with Crippen molar-refractivity contribution in [2.75, 3.05) is 0 Å². The number of ether oxygens (including phenoxy) is 1. The average molecular weight is 318 g/mol. The van der Waals surface area contributed by atoms with Crippen LogP contribution >= 0.6 is 0 Å². The zero-order valence-corrected chi connectivity index (χ0v) is 13.6. The summed E-state index contributed by atoms with van der Waals surface area (Å²) in [5.74, 6) is -1.69. The zero-order chi connectivity index (χ0) is 17.5. The van der Waals surface area contributed by atoms with Crippen LogP contribution in [0, 0.1) is 22.7 Å². The van der Waals surface area contributed by atoms with E-state index in [2.05, 4.69) is 11.4 Å². The van der Waals surface area contributed by atoms with Gasteiger partial charge in [0.05, 0.1) is 12.0 Å². The quantitative estimate of drug-likeness (QED) is 0.840. The summed E-state index contributed by atoms with van der Waals surface area (Å²) in [4.78, 5) is 23.1. The molecule has 0 aliphatic carbocycles. The van der Waals surface area contributed by atoms with E-state index in [0.29, 0.717) is 0 Å². The van der Waals surface area contributed by atoms with Crippen molar-refractivity contribution in [2.24, 2.45) is 11.3 Å². The molecule has 0 saturated carbocycles. The highest BCUT2D eigenvalue weighted by Gasteiger charge is 2.31. The number of carbonyl (C=O) groups excluding carboxylic acids is 1. The Kier molecular flexibility index (Phi) is 6.58. The summed E-state index contributed by atoms with van der Waals surface area (Å²) in [6.45, 7) is 5.62. The molecule has 0 aromatic heterocycles. The molecule has 0 saturated heterocycles. The van der Waals surface area contributed by atoms with Crippen molar-refractivity contribution in [1.82, 2.24) is 5.32 Å². The van der Waals surface area contributed by atoms with Crippen LogP contribution in [-0.2, 0) is 16.1 Å². The third-order valence-corrected chi connectivity index (χ3v) is 3.48. The molecule has 0 aliphatic rings. The lowest BCUT2D eigenvalue weighted by molar-refractivity contribution is -0.139. The second-order valence-corrected chi connectivity index (χ2v) is 6.38. The molecule has 1 aromatic carbocycles. The molecule has 1 rings (SSSR count). The number of alkyl carbamates (subject to hydrolysis) is 1. The molecule has 124 valence electrons. The standard InChI is InChI=1S/C17H22N2O4/c1-17(2,3)13(10-18)9-14(15(20)21)19-16(22)23-11-12-7-5-4-6-8-12/h4-8,13-14H,9,11H2,1-3H3,(H,19,22)(H,20,21). The zero-order valence-electron chi connectivity index (χ0n) is 13.6. The van der Waals surface area contributed by atoms with Crippen molar-refractivity contribution >= 4 is 12.1 Å². The van der Waals surface area contributed by atoms with Crippen molar-refractivity contribution < 1.29 is 19.4 Å². The summed E-state index contributed by atoms with van der Waals surface area (Å²) < 4.78 is 5.01. The predicted octanol–water partition coefficient (Wildman–Crippen LogP) is 2.94. The van der Waals surface area contributed by atoms with Crippen LogP contribution in [0.5, 0.6) is 0 Å². The molecule has 0 spiro atoms. The number of benzene rings is 1. The SMILES string of the molecule is CC(C)(C)C(C#N)CC(NC(=O)OCc1ccccc1)C(=O)O. The normalized spacial score (nSPS) is 13.5. The van der Waals surface area contributed by atoms with E-state index >= 15 is 0 Å². The first-order valence-electron chi connectivity index (χ1n) is 7.33. The number of hydrogen-bond acceptors (Lipinski definition) is 4. The Hall–Kier alpha value is -2.55. The molecule has 23 heavy (non-hydrogen) atoms. The Morgan fingerprint density at radius 2 is 1.91 bits per heavy atom. The summed E-state index contributed by atoms with van der Waals surface area (Å²) in [5.41, 5.74) is 0.428. The Bertz CT molecular complexity index is 572. The third kappa shape index (κ3) is 6.39. The highest BCUT2D eigenvalue weighted by molar-refractivity contribution is 5.79. The minimum atomic E-state index is -1.19. The van der Waals surface area contributed by atoms with Gasteiger partial charge in [0.2, 0.25) is 0 Å². The first-order valence-corrected chi connectivity index (χ1v) is 7.33. The average Bonchev–Trinajstić information content (AvgIpc) is 2.48. The maximum Gasteiger partial charge on any atom is 0.408 e. The number of nitrogens with zero attached hydrogens (tertiary/aromatic N) is 1. The Morgan fingerprint density at radius 1 is 1.30 bits per heavy atom. The fourth-order valence-electron chi connectivity index (χ4n) is 1.96. The van der Waals surface area contributed by atoms with Crippen LogP contribution in [0.15, 0.2) is 30.3 Å². The maximum atomic E-state index is 11.8. The van der Waals surface area contributed by atoms with Gasteiger partial charge in [-0.2, -0.15) is 5.26 Å². The molecule has 0 fully saturated rings. The number of hydrogen-bond donors (Lipinski definition) is 2. The topological polar surface area (TPSA) is 99.4 Å². The van der Waals surface area contributed by atoms with Crippen molar-refractivity contribution in [3.05, 3.63) is 35.9 Å². The number of nitrogens with one attached hydrogen (secondary N) is 1. The minimum Gasteiger partial charge on any atom is -0.480 e. The predicted molar refractivity (Wildman–Crippen MR) is 84.4 cm³/mol. The van der Waals surface area contributed by atoms with Crippen molar-refractivity contribution in [3.63, 3.8) is 0 Å². The number of amides is 1. The van der Waals surface area contributed by atoms with E-state index in [1.165, 1.54) is 0 Å². The molecular weight excluding hydrogens is 296 g/mol.